The van der Waals surface area contributed by atoms with E-state index in [0.717, 1.165) is 30.7 Å². The lowest BCUT2D eigenvalue weighted by atomic mass is 10.2. The van der Waals surface area contributed by atoms with Crippen LogP contribution in [0.1, 0.15) is 31.5 Å². The van der Waals surface area contributed by atoms with Crippen molar-refractivity contribution >= 4 is 11.6 Å². The number of pyridine rings is 1. The summed E-state index contributed by atoms with van der Waals surface area (Å²) < 4.78 is 1.94. The molecule has 0 spiro atoms. The molecular weight excluding hydrogens is 254 g/mol. The van der Waals surface area contributed by atoms with Gasteiger partial charge in [-0.15, -0.1) is 10.2 Å². The number of amides is 1. The molecule has 6 nitrogen and oxygen atoms in total. The van der Waals surface area contributed by atoms with Gasteiger partial charge in [-0.2, -0.15) is 0 Å². The Morgan fingerprint density at radius 3 is 3.00 bits per heavy atom. The molecule has 0 aliphatic rings. The van der Waals surface area contributed by atoms with Crippen molar-refractivity contribution in [1.29, 1.82) is 0 Å². The Morgan fingerprint density at radius 1 is 1.25 bits per heavy atom. The van der Waals surface area contributed by atoms with Crippen molar-refractivity contribution in [2.75, 3.05) is 13.1 Å². The summed E-state index contributed by atoms with van der Waals surface area (Å²) in [5, 5.41) is 11.1. The third-order valence-corrected chi connectivity index (χ3v) is 3.16. The van der Waals surface area contributed by atoms with Crippen LogP contribution in [0.3, 0.4) is 0 Å². The number of nitrogens with zero attached hydrogens (tertiary/aromatic N) is 3. The lowest BCUT2D eigenvalue weighted by Crippen LogP contribution is -2.25. The van der Waals surface area contributed by atoms with Gasteiger partial charge in [0, 0.05) is 25.6 Å². The zero-order valence-corrected chi connectivity index (χ0v) is 11.6. The molecule has 6 heteroatoms. The highest BCUT2D eigenvalue weighted by Gasteiger charge is 2.05. The van der Waals surface area contributed by atoms with E-state index in [1.54, 1.807) is 0 Å². The normalized spacial score (nSPS) is 10.8. The van der Waals surface area contributed by atoms with Crippen LogP contribution in [0.25, 0.3) is 5.65 Å². The Kier molecular flexibility index (Phi) is 5.49. The van der Waals surface area contributed by atoms with E-state index in [1.165, 1.54) is 0 Å². The number of carbonyl (C=O) groups is 1. The Morgan fingerprint density at radius 2 is 2.15 bits per heavy atom. The monoisotopic (exact) mass is 275 g/mol. The Balaban J connectivity index is 1.71. The van der Waals surface area contributed by atoms with Gasteiger partial charge in [0.15, 0.2) is 5.65 Å². The number of hydrogen-bond acceptors (Lipinski definition) is 4. The molecular formula is C14H21N5O. The summed E-state index contributed by atoms with van der Waals surface area (Å²) in [5.41, 5.74) is 6.24. The highest BCUT2D eigenvalue weighted by molar-refractivity contribution is 5.75. The second-order valence-electron chi connectivity index (χ2n) is 4.74. The molecule has 0 radical (unpaired) electrons. The smallest absolute Gasteiger partial charge is 0.220 e. The van der Waals surface area contributed by atoms with Gasteiger partial charge in [0.25, 0.3) is 0 Å². The molecule has 20 heavy (non-hydrogen) atoms. The van der Waals surface area contributed by atoms with E-state index < -0.39 is 0 Å². The van der Waals surface area contributed by atoms with Gasteiger partial charge in [-0.05, 0) is 31.5 Å². The van der Waals surface area contributed by atoms with E-state index in [4.69, 9.17) is 5.73 Å². The molecule has 108 valence electrons. The lowest BCUT2D eigenvalue weighted by molar-refractivity contribution is -0.121. The summed E-state index contributed by atoms with van der Waals surface area (Å²) in [5.74, 6) is 0.958. The highest BCUT2D eigenvalue weighted by Crippen LogP contribution is 2.03. The topological polar surface area (TPSA) is 85.3 Å². The van der Waals surface area contributed by atoms with E-state index in [1.807, 2.05) is 28.8 Å². The van der Waals surface area contributed by atoms with E-state index >= 15 is 0 Å². The SMILES string of the molecule is NCCCCCC(=O)NCCc1nnc2ccccn12. The molecule has 0 aromatic carbocycles. The van der Waals surface area contributed by atoms with Crippen LogP contribution in [0.4, 0.5) is 0 Å². The molecule has 0 saturated heterocycles. The number of rotatable bonds is 8. The highest BCUT2D eigenvalue weighted by atomic mass is 16.1. The first-order valence-electron chi connectivity index (χ1n) is 7.06. The van der Waals surface area contributed by atoms with Crippen LogP contribution < -0.4 is 11.1 Å². The largest absolute Gasteiger partial charge is 0.356 e. The number of carbonyl (C=O) groups excluding carboxylic acids is 1. The minimum Gasteiger partial charge on any atom is -0.356 e. The van der Waals surface area contributed by atoms with Crippen LogP contribution in [0.5, 0.6) is 0 Å². The first kappa shape index (κ1) is 14.5. The first-order valence-corrected chi connectivity index (χ1v) is 7.06. The summed E-state index contributed by atoms with van der Waals surface area (Å²) in [6, 6.07) is 5.78. The molecule has 2 aromatic heterocycles. The molecule has 0 aliphatic heterocycles. The van der Waals surface area contributed by atoms with Crippen molar-refractivity contribution < 1.29 is 4.79 Å². The predicted octanol–water partition coefficient (Wildman–Crippen LogP) is 0.907. The summed E-state index contributed by atoms with van der Waals surface area (Å²) in [7, 11) is 0. The molecule has 2 aromatic rings. The van der Waals surface area contributed by atoms with Crippen LogP contribution in [0.2, 0.25) is 0 Å². The van der Waals surface area contributed by atoms with Gasteiger partial charge < -0.3 is 11.1 Å². The van der Waals surface area contributed by atoms with Gasteiger partial charge in [0.05, 0.1) is 0 Å². The maximum atomic E-state index is 11.6. The third-order valence-electron chi connectivity index (χ3n) is 3.16. The number of unbranched alkanes of at least 4 members (excludes halogenated alkanes) is 2. The number of hydrogen-bond donors (Lipinski definition) is 2. The summed E-state index contributed by atoms with van der Waals surface area (Å²) >= 11 is 0. The van der Waals surface area contributed by atoms with Crippen LogP contribution in [-0.2, 0) is 11.2 Å². The van der Waals surface area contributed by atoms with Gasteiger partial charge in [0.1, 0.15) is 5.82 Å². The van der Waals surface area contributed by atoms with Gasteiger partial charge in [-0.1, -0.05) is 12.5 Å². The quantitative estimate of drug-likeness (QED) is 0.701. The second kappa shape index (κ2) is 7.59. The van der Waals surface area contributed by atoms with E-state index in [-0.39, 0.29) is 5.91 Å². The zero-order chi connectivity index (χ0) is 14.2. The van der Waals surface area contributed by atoms with Crippen molar-refractivity contribution in [1.82, 2.24) is 19.9 Å². The molecule has 0 aliphatic carbocycles. The fourth-order valence-corrected chi connectivity index (χ4v) is 2.07. The van der Waals surface area contributed by atoms with Crippen LogP contribution in [0, 0.1) is 0 Å². The summed E-state index contributed by atoms with van der Waals surface area (Å²) in [4.78, 5) is 11.6. The van der Waals surface area contributed by atoms with Crippen LogP contribution in [0.15, 0.2) is 24.4 Å². The van der Waals surface area contributed by atoms with Crippen molar-refractivity contribution in [3.8, 4) is 0 Å². The third kappa shape index (κ3) is 4.03. The Hall–Kier alpha value is -1.95. The number of fused-ring (bicyclic) bond motifs is 1. The van der Waals surface area contributed by atoms with Crippen molar-refractivity contribution in [2.24, 2.45) is 5.73 Å². The molecule has 0 fully saturated rings. The van der Waals surface area contributed by atoms with Gasteiger partial charge in [0.2, 0.25) is 5.91 Å². The average molecular weight is 275 g/mol. The first-order chi connectivity index (χ1) is 9.81. The fraction of sp³-hybridized carbons (Fsp3) is 0.500. The molecule has 0 saturated carbocycles. The Bertz CT molecular complexity index is 551. The maximum absolute atomic E-state index is 11.6. The predicted molar refractivity (Wildman–Crippen MR) is 77.2 cm³/mol. The van der Waals surface area contributed by atoms with Gasteiger partial charge in [-0.3, -0.25) is 9.20 Å². The van der Waals surface area contributed by atoms with Gasteiger partial charge in [-0.25, -0.2) is 0 Å². The standard InChI is InChI=1S/C14H21N5O/c15-9-4-1-2-7-14(20)16-10-8-13-18-17-12-6-3-5-11-19(12)13/h3,5-6,11H,1-2,4,7-10,15H2,(H,16,20). The average Bonchev–Trinajstić information content (AvgIpc) is 2.87. The maximum Gasteiger partial charge on any atom is 0.220 e. The van der Waals surface area contributed by atoms with Crippen LogP contribution >= 0.6 is 0 Å². The molecule has 3 N–H and O–H groups in total. The molecule has 0 bridgehead atoms. The summed E-state index contributed by atoms with van der Waals surface area (Å²) in [6.07, 6.45) is 6.08. The second-order valence-corrected chi connectivity index (χ2v) is 4.74. The van der Waals surface area contributed by atoms with Crippen LogP contribution in [-0.4, -0.2) is 33.6 Å². The van der Waals surface area contributed by atoms with Crippen molar-refractivity contribution in [3.63, 3.8) is 0 Å². The van der Waals surface area contributed by atoms with E-state index in [9.17, 15) is 4.79 Å². The van der Waals surface area contributed by atoms with E-state index in [0.29, 0.717) is 25.9 Å². The lowest BCUT2D eigenvalue weighted by Gasteiger charge is -2.04. The number of nitrogens with one attached hydrogen (secondary N) is 1. The van der Waals surface area contributed by atoms with Gasteiger partial charge >= 0.3 is 0 Å². The number of aromatic nitrogens is 3. The number of nitrogens with two attached hydrogens (primary N) is 1. The molecule has 0 atom stereocenters. The molecule has 2 heterocycles. The molecule has 1 amide bonds. The van der Waals surface area contributed by atoms with E-state index in [2.05, 4.69) is 15.5 Å². The summed E-state index contributed by atoms with van der Waals surface area (Å²) in [6.45, 7) is 1.28. The zero-order valence-electron chi connectivity index (χ0n) is 11.6. The minimum atomic E-state index is 0.0934. The van der Waals surface area contributed by atoms with Crippen molar-refractivity contribution in [3.05, 3.63) is 30.2 Å². The molecule has 2 rings (SSSR count). The minimum absolute atomic E-state index is 0.0934. The fourth-order valence-electron chi connectivity index (χ4n) is 2.07. The molecule has 0 unspecified atom stereocenters. The Labute approximate surface area is 118 Å². The van der Waals surface area contributed by atoms with Crippen molar-refractivity contribution in [2.45, 2.75) is 32.1 Å².